The van der Waals surface area contributed by atoms with Crippen molar-refractivity contribution in [2.24, 2.45) is 0 Å². The SMILES string of the molecule is CP(C)(=O)c1ccc(P(C)(C)=O)cc1. The molecule has 0 bridgehead atoms. The van der Waals surface area contributed by atoms with E-state index in [0.29, 0.717) is 0 Å². The van der Waals surface area contributed by atoms with Crippen molar-refractivity contribution in [1.82, 2.24) is 0 Å². The number of hydrogen-bond donors (Lipinski definition) is 0. The van der Waals surface area contributed by atoms with Gasteiger partial charge in [0.15, 0.2) is 0 Å². The van der Waals surface area contributed by atoms with Crippen LogP contribution in [0.1, 0.15) is 0 Å². The highest BCUT2D eigenvalue weighted by molar-refractivity contribution is 7.70. The zero-order chi connectivity index (χ0) is 11.0. The zero-order valence-corrected chi connectivity index (χ0v) is 10.8. The van der Waals surface area contributed by atoms with Gasteiger partial charge in [0.05, 0.1) is 0 Å². The maximum absolute atomic E-state index is 11.7. The predicted molar refractivity (Wildman–Crippen MR) is 64.6 cm³/mol. The van der Waals surface area contributed by atoms with E-state index >= 15 is 0 Å². The van der Waals surface area contributed by atoms with Crippen LogP contribution in [0.4, 0.5) is 0 Å². The van der Waals surface area contributed by atoms with Crippen molar-refractivity contribution in [2.45, 2.75) is 0 Å². The fraction of sp³-hybridized carbons (Fsp3) is 0.400. The number of benzene rings is 1. The molecule has 0 aromatic heterocycles. The third-order valence-corrected chi connectivity index (χ3v) is 5.18. The third kappa shape index (κ3) is 2.83. The Labute approximate surface area is 85.5 Å². The Morgan fingerprint density at radius 1 is 0.714 bits per heavy atom. The molecule has 0 aliphatic carbocycles. The summed E-state index contributed by atoms with van der Waals surface area (Å²) in [6, 6.07) is 7.26. The lowest BCUT2D eigenvalue weighted by molar-refractivity contribution is 0.587. The van der Waals surface area contributed by atoms with Crippen LogP contribution in [-0.2, 0) is 9.13 Å². The van der Waals surface area contributed by atoms with E-state index in [1.165, 1.54) is 0 Å². The molecule has 0 spiro atoms. The molecule has 0 aliphatic rings. The van der Waals surface area contributed by atoms with Crippen molar-refractivity contribution in [3.05, 3.63) is 24.3 Å². The van der Waals surface area contributed by atoms with Gasteiger partial charge in [-0.2, -0.15) is 0 Å². The van der Waals surface area contributed by atoms with Gasteiger partial charge in [0.2, 0.25) is 0 Å². The molecule has 0 fully saturated rings. The molecule has 0 radical (unpaired) electrons. The summed E-state index contributed by atoms with van der Waals surface area (Å²) >= 11 is 0. The summed E-state index contributed by atoms with van der Waals surface area (Å²) in [7, 11) is -4.36. The van der Waals surface area contributed by atoms with Crippen LogP contribution in [0.3, 0.4) is 0 Å². The minimum Gasteiger partial charge on any atom is -0.319 e. The first-order chi connectivity index (χ1) is 6.21. The summed E-state index contributed by atoms with van der Waals surface area (Å²) in [5.41, 5.74) is 0. The summed E-state index contributed by atoms with van der Waals surface area (Å²) in [4.78, 5) is 0. The summed E-state index contributed by atoms with van der Waals surface area (Å²) < 4.78 is 23.4. The summed E-state index contributed by atoms with van der Waals surface area (Å²) in [5, 5.41) is 1.68. The molecule has 78 valence electrons. The lowest BCUT2D eigenvalue weighted by Crippen LogP contribution is -2.09. The van der Waals surface area contributed by atoms with Gasteiger partial charge in [0.25, 0.3) is 0 Å². The molecule has 0 amide bonds. The van der Waals surface area contributed by atoms with E-state index in [9.17, 15) is 9.13 Å². The van der Waals surface area contributed by atoms with Crippen LogP contribution >= 0.6 is 14.3 Å². The van der Waals surface area contributed by atoms with Gasteiger partial charge in [0.1, 0.15) is 14.3 Å². The largest absolute Gasteiger partial charge is 0.319 e. The highest BCUT2D eigenvalue weighted by Gasteiger charge is 2.14. The Morgan fingerprint density at radius 2 is 0.929 bits per heavy atom. The van der Waals surface area contributed by atoms with E-state index in [0.717, 1.165) is 10.6 Å². The molecule has 4 heteroatoms. The van der Waals surface area contributed by atoms with Crippen LogP contribution in [0, 0.1) is 0 Å². The summed E-state index contributed by atoms with van der Waals surface area (Å²) in [5.74, 6) is 0. The Bertz CT molecular complexity index is 367. The van der Waals surface area contributed by atoms with Gasteiger partial charge in [-0.15, -0.1) is 0 Å². The first kappa shape index (κ1) is 11.8. The molecule has 0 heterocycles. The average molecular weight is 230 g/mol. The number of hydrogen-bond acceptors (Lipinski definition) is 2. The highest BCUT2D eigenvalue weighted by Crippen LogP contribution is 2.37. The van der Waals surface area contributed by atoms with Crippen LogP contribution in [0.25, 0.3) is 0 Å². The van der Waals surface area contributed by atoms with Crippen molar-refractivity contribution in [3.8, 4) is 0 Å². The normalized spacial score (nSPS) is 12.9. The molecular weight excluding hydrogens is 214 g/mol. The molecule has 0 atom stereocenters. The van der Waals surface area contributed by atoms with Crippen LogP contribution in [-0.4, -0.2) is 26.7 Å². The molecule has 2 nitrogen and oxygen atoms in total. The Morgan fingerprint density at radius 3 is 1.07 bits per heavy atom. The van der Waals surface area contributed by atoms with Gasteiger partial charge in [-0.25, -0.2) is 0 Å². The summed E-state index contributed by atoms with van der Waals surface area (Å²) in [6.45, 7) is 6.94. The highest BCUT2D eigenvalue weighted by atomic mass is 31.2. The van der Waals surface area contributed by atoms with Crippen LogP contribution in [0.5, 0.6) is 0 Å². The predicted octanol–water partition coefficient (Wildman–Crippen LogP) is 2.18. The molecule has 1 rings (SSSR count). The first-order valence-corrected chi connectivity index (χ1v) is 9.63. The fourth-order valence-electron chi connectivity index (χ4n) is 1.17. The minimum absolute atomic E-state index is 0.842. The first-order valence-electron chi connectivity index (χ1n) is 4.42. The molecular formula is C10H16O2P2. The minimum atomic E-state index is -2.18. The van der Waals surface area contributed by atoms with E-state index in [4.69, 9.17) is 0 Å². The second kappa shape index (κ2) is 3.68. The molecule has 0 saturated carbocycles. The quantitative estimate of drug-likeness (QED) is 0.730. The Kier molecular flexibility index (Phi) is 3.09. The second-order valence-electron chi connectivity index (χ2n) is 4.22. The van der Waals surface area contributed by atoms with Gasteiger partial charge in [-0.1, -0.05) is 24.3 Å². The standard InChI is InChI=1S/C10H16O2P2/c1-13(2,11)9-5-7-10(8-6-9)14(3,4)12/h5-8H,1-4H3. The van der Waals surface area contributed by atoms with Crippen molar-refractivity contribution in [3.63, 3.8) is 0 Å². The molecule has 0 unspecified atom stereocenters. The van der Waals surface area contributed by atoms with Crippen LogP contribution in [0.15, 0.2) is 24.3 Å². The topological polar surface area (TPSA) is 34.1 Å². The van der Waals surface area contributed by atoms with Gasteiger partial charge in [0, 0.05) is 10.6 Å². The molecule has 1 aromatic rings. The van der Waals surface area contributed by atoms with Crippen LogP contribution in [0.2, 0.25) is 0 Å². The van der Waals surface area contributed by atoms with Gasteiger partial charge in [-0.3, -0.25) is 0 Å². The van der Waals surface area contributed by atoms with Gasteiger partial charge in [-0.05, 0) is 26.7 Å². The monoisotopic (exact) mass is 230 g/mol. The van der Waals surface area contributed by atoms with Crippen LogP contribution < -0.4 is 10.6 Å². The molecule has 0 N–H and O–H groups in total. The van der Waals surface area contributed by atoms with E-state index in [-0.39, 0.29) is 0 Å². The van der Waals surface area contributed by atoms with Crippen molar-refractivity contribution >= 4 is 24.9 Å². The Hall–Kier alpha value is -0.320. The van der Waals surface area contributed by atoms with E-state index < -0.39 is 14.3 Å². The molecule has 0 saturated heterocycles. The molecule has 0 aliphatic heterocycles. The van der Waals surface area contributed by atoms with Gasteiger partial charge >= 0.3 is 0 Å². The van der Waals surface area contributed by atoms with E-state index in [1.54, 1.807) is 26.7 Å². The van der Waals surface area contributed by atoms with Crippen molar-refractivity contribution < 1.29 is 9.13 Å². The lowest BCUT2D eigenvalue weighted by Gasteiger charge is -2.10. The molecule has 14 heavy (non-hydrogen) atoms. The zero-order valence-electron chi connectivity index (χ0n) is 9.02. The smallest absolute Gasteiger partial charge is 0.109 e. The Balaban J connectivity index is 3.14. The van der Waals surface area contributed by atoms with E-state index in [2.05, 4.69) is 0 Å². The second-order valence-corrected chi connectivity index (χ2v) is 10.7. The molecule has 1 aromatic carbocycles. The average Bonchev–Trinajstić information content (AvgIpc) is 2.01. The third-order valence-electron chi connectivity index (χ3n) is 2.09. The van der Waals surface area contributed by atoms with E-state index in [1.807, 2.05) is 24.3 Å². The van der Waals surface area contributed by atoms with Crippen molar-refractivity contribution in [2.75, 3.05) is 26.7 Å². The fourth-order valence-corrected chi connectivity index (χ4v) is 2.90. The number of rotatable bonds is 2. The van der Waals surface area contributed by atoms with Crippen molar-refractivity contribution in [1.29, 1.82) is 0 Å². The maximum atomic E-state index is 11.7. The summed E-state index contributed by atoms with van der Waals surface area (Å²) in [6.07, 6.45) is 0. The van der Waals surface area contributed by atoms with Gasteiger partial charge < -0.3 is 9.13 Å². The maximum Gasteiger partial charge on any atom is 0.109 e. The lowest BCUT2D eigenvalue weighted by atomic mass is 10.4.